The van der Waals surface area contributed by atoms with Gasteiger partial charge in [-0.15, -0.1) is 5.10 Å². The molecular formula is C14H17N5OS. The van der Waals surface area contributed by atoms with Crippen LogP contribution in [0.15, 0.2) is 36.7 Å². The molecule has 1 aliphatic heterocycles. The Morgan fingerprint density at radius 3 is 2.95 bits per heavy atom. The van der Waals surface area contributed by atoms with Gasteiger partial charge >= 0.3 is 0 Å². The number of nitrogens with zero attached hydrogens (tertiary/aromatic N) is 3. The van der Waals surface area contributed by atoms with Crippen molar-refractivity contribution in [1.82, 2.24) is 20.3 Å². The number of carbonyl (C=O) groups excluding carboxylic acids is 1. The van der Waals surface area contributed by atoms with Crippen LogP contribution in [-0.4, -0.2) is 45.0 Å². The number of benzene rings is 1. The number of rotatable bonds is 4. The molecule has 2 N–H and O–H groups in total. The molecule has 7 heteroatoms. The molecule has 0 bridgehead atoms. The predicted molar refractivity (Wildman–Crippen MR) is 83.7 cm³/mol. The Bertz CT molecular complexity index is 578. The van der Waals surface area contributed by atoms with E-state index in [1.54, 1.807) is 17.1 Å². The maximum absolute atomic E-state index is 12.0. The molecule has 1 saturated heterocycles. The first kappa shape index (κ1) is 14.1. The fourth-order valence-electron chi connectivity index (χ4n) is 2.23. The molecule has 1 amide bonds. The summed E-state index contributed by atoms with van der Waals surface area (Å²) in [6, 6.07) is 7.83. The summed E-state index contributed by atoms with van der Waals surface area (Å²) in [5.41, 5.74) is 1.71. The molecule has 1 aromatic heterocycles. The first-order valence-electron chi connectivity index (χ1n) is 6.89. The Kier molecular flexibility index (Phi) is 4.52. The van der Waals surface area contributed by atoms with Crippen molar-refractivity contribution >= 4 is 23.4 Å². The summed E-state index contributed by atoms with van der Waals surface area (Å²) in [5, 5.41) is 14.0. The second kappa shape index (κ2) is 6.73. The van der Waals surface area contributed by atoms with E-state index in [-0.39, 0.29) is 11.9 Å². The molecule has 21 heavy (non-hydrogen) atoms. The van der Waals surface area contributed by atoms with Gasteiger partial charge in [-0.1, -0.05) is 5.21 Å². The van der Waals surface area contributed by atoms with E-state index in [0.29, 0.717) is 6.42 Å². The SMILES string of the molecule is O=C(CC1CSCCN1)Nc1ccc(-n2ccnn2)cc1. The van der Waals surface area contributed by atoms with Crippen LogP contribution >= 0.6 is 11.8 Å². The normalized spacial score (nSPS) is 18.4. The number of nitrogens with one attached hydrogen (secondary N) is 2. The van der Waals surface area contributed by atoms with Gasteiger partial charge in [-0.2, -0.15) is 11.8 Å². The standard InChI is InChI=1S/C14H17N5OS/c20-14(9-12-10-21-8-6-15-12)17-11-1-3-13(4-2-11)19-7-5-16-18-19/h1-5,7,12,15H,6,8-10H2,(H,17,20). The van der Waals surface area contributed by atoms with Gasteiger partial charge in [0, 0.05) is 36.2 Å². The minimum Gasteiger partial charge on any atom is -0.326 e. The number of thioether (sulfide) groups is 1. The summed E-state index contributed by atoms with van der Waals surface area (Å²) in [6.45, 7) is 0.981. The minimum absolute atomic E-state index is 0.0449. The summed E-state index contributed by atoms with van der Waals surface area (Å²) in [5.74, 6) is 2.17. The fraction of sp³-hybridized carbons (Fsp3) is 0.357. The van der Waals surface area contributed by atoms with Crippen molar-refractivity contribution in [2.24, 2.45) is 0 Å². The van der Waals surface area contributed by atoms with Crippen molar-refractivity contribution in [1.29, 1.82) is 0 Å². The van der Waals surface area contributed by atoms with Gasteiger partial charge in [-0.25, -0.2) is 4.68 Å². The molecule has 1 fully saturated rings. The average molecular weight is 303 g/mol. The van der Waals surface area contributed by atoms with Crippen LogP contribution in [0.5, 0.6) is 0 Å². The van der Waals surface area contributed by atoms with Crippen molar-refractivity contribution < 1.29 is 4.79 Å². The molecule has 1 aliphatic rings. The van der Waals surface area contributed by atoms with Gasteiger partial charge in [0.25, 0.3) is 0 Å². The van der Waals surface area contributed by atoms with E-state index in [9.17, 15) is 4.79 Å². The van der Waals surface area contributed by atoms with Crippen LogP contribution in [0.4, 0.5) is 5.69 Å². The third-order valence-electron chi connectivity index (χ3n) is 3.27. The number of hydrogen-bond acceptors (Lipinski definition) is 5. The van der Waals surface area contributed by atoms with Crippen LogP contribution < -0.4 is 10.6 Å². The molecule has 0 radical (unpaired) electrons. The monoisotopic (exact) mass is 303 g/mol. The third-order valence-corrected chi connectivity index (χ3v) is 4.40. The second-order valence-corrected chi connectivity index (χ2v) is 6.02. The molecule has 1 aromatic carbocycles. The third kappa shape index (κ3) is 3.83. The molecule has 1 unspecified atom stereocenters. The lowest BCUT2D eigenvalue weighted by atomic mass is 10.2. The van der Waals surface area contributed by atoms with Crippen LogP contribution in [0, 0.1) is 0 Å². The maximum Gasteiger partial charge on any atom is 0.225 e. The highest BCUT2D eigenvalue weighted by molar-refractivity contribution is 7.99. The molecule has 6 nitrogen and oxygen atoms in total. The number of anilines is 1. The lowest BCUT2D eigenvalue weighted by Gasteiger charge is -2.22. The highest BCUT2D eigenvalue weighted by atomic mass is 32.2. The van der Waals surface area contributed by atoms with E-state index in [1.807, 2.05) is 36.0 Å². The van der Waals surface area contributed by atoms with E-state index in [4.69, 9.17) is 0 Å². The molecule has 3 rings (SSSR count). The molecule has 0 aliphatic carbocycles. The molecule has 0 saturated carbocycles. The highest BCUT2D eigenvalue weighted by Gasteiger charge is 2.16. The predicted octanol–water partition coefficient (Wildman–Crippen LogP) is 1.30. The van der Waals surface area contributed by atoms with Gasteiger partial charge in [-0.3, -0.25) is 4.79 Å². The number of hydrogen-bond donors (Lipinski definition) is 2. The first-order chi connectivity index (χ1) is 10.3. The van der Waals surface area contributed by atoms with Gasteiger partial charge in [0.2, 0.25) is 5.91 Å². The van der Waals surface area contributed by atoms with E-state index < -0.39 is 0 Å². The minimum atomic E-state index is 0.0449. The van der Waals surface area contributed by atoms with Gasteiger partial charge in [-0.05, 0) is 24.3 Å². The van der Waals surface area contributed by atoms with Crippen molar-refractivity contribution in [3.63, 3.8) is 0 Å². The largest absolute Gasteiger partial charge is 0.326 e. The number of aromatic nitrogens is 3. The molecule has 110 valence electrons. The molecule has 1 atom stereocenters. The van der Waals surface area contributed by atoms with Crippen LogP contribution in [0.2, 0.25) is 0 Å². The number of carbonyl (C=O) groups is 1. The Morgan fingerprint density at radius 2 is 2.29 bits per heavy atom. The van der Waals surface area contributed by atoms with E-state index in [0.717, 1.165) is 29.4 Å². The smallest absolute Gasteiger partial charge is 0.225 e. The van der Waals surface area contributed by atoms with Crippen LogP contribution in [0.25, 0.3) is 5.69 Å². The van der Waals surface area contributed by atoms with Gasteiger partial charge in [0.15, 0.2) is 0 Å². The van der Waals surface area contributed by atoms with Crippen molar-refractivity contribution in [2.45, 2.75) is 12.5 Å². The summed E-state index contributed by atoms with van der Waals surface area (Å²) >= 11 is 1.89. The van der Waals surface area contributed by atoms with Gasteiger partial charge in [0.05, 0.1) is 18.1 Å². The van der Waals surface area contributed by atoms with Crippen LogP contribution in [-0.2, 0) is 4.79 Å². The zero-order valence-corrected chi connectivity index (χ0v) is 12.3. The average Bonchev–Trinajstić information content (AvgIpc) is 3.03. The molecule has 0 spiro atoms. The van der Waals surface area contributed by atoms with E-state index >= 15 is 0 Å². The summed E-state index contributed by atoms with van der Waals surface area (Å²) in [6.07, 6.45) is 3.92. The molecular weight excluding hydrogens is 286 g/mol. The quantitative estimate of drug-likeness (QED) is 0.891. The Morgan fingerprint density at radius 1 is 1.43 bits per heavy atom. The van der Waals surface area contributed by atoms with Gasteiger partial charge in [0.1, 0.15) is 0 Å². The lowest BCUT2D eigenvalue weighted by Crippen LogP contribution is -2.39. The highest BCUT2D eigenvalue weighted by Crippen LogP contribution is 2.14. The zero-order chi connectivity index (χ0) is 14.5. The Hall–Kier alpha value is -1.86. The second-order valence-electron chi connectivity index (χ2n) is 4.87. The molecule has 2 heterocycles. The van der Waals surface area contributed by atoms with E-state index in [1.165, 1.54) is 0 Å². The van der Waals surface area contributed by atoms with Crippen LogP contribution in [0.3, 0.4) is 0 Å². The van der Waals surface area contributed by atoms with Crippen molar-refractivity contribution in [3.05, 3.63) is 36.7 Å². The zero-order valence-electron chi connectivity index (χ0n) is 11.5. The van der Waals surface area contributed by atoms with E-state index in [2.05, 4.69) is 20.9 Å². The molecule has 2 aromatic rings. The fourth-order valence-corrected chi connectivity index (χ4v) is 3.18. The number of amides is 1. The Balaban J connectivity index is 1.56. The Labute approximate surface area is 127 Å². The van der Waals surface area contributed by atoms with Crippen molar-refractivity contribution in [3.8, 4) is 5.69 Å². The van der Waals surface area contributed by atoms with Crippen LogP contribution in [0.1, 0.15) is 6.42 Å². The maximum atomic E-state index is 12.0. The van der Waals surface area contributed by atoms with Crippen molar-refractivity contribution in [2.75, 3.05) is 23.4 Å². The first-order valence-corrected chi connectivity index (χ1v) is 8.04. The summed E-state index contributed by atoms with van der Waals surface area (Å²) in [7, 11) is 0. The topological polar surface area (TPSA) is 71.8 Å². The van der Waals surface area contributed by atoms with Gasteiger partial charge < -0.3 is 10.6 Å². The lowest BCUT2D eigenvalue weighted by molar-refractivity contribution is -0.116. The summed E-state index contributed by atoms with van der Waals surface area (Å²) < 4.78 is 1.68. The summed E-state index contributed by atoms with van der Waals surface area (Å²) in [4.78, 5) is 12.0.